The summed E-state index contributed by atoms with van der Waals surface area (Å²) in [6.07, 6.45) is 1.45. The average molecular weight is 435 g/mol. The van der Waals surface area contributed by atoms with Gasteiger partial charge < -0.3 is 4.90 Å². The van der Waals surface area contributed by atoms with Gasteiger partial charge in [-0.3, -0.25) is 9.78 Å². The summed E-state index contributed by atoms with van der Waals surface area (Å²) < 4.78 is 27.0. The molecule has 1 aromatic carbocycles. The number of sulfonamides is 1. The molecule has 1 aromatic heterocycles. The average Bonchev–Trinajstić information content (AvgIpc) is 2.61. The van der Waals surface area contributed by atoms with Gasteiger partial charge in [-0.1, -0.05) is 40.9 Å². The summed E-state index contributed by atoms with van der Waals surface area (Å²) in [5, 5.41) is 0.552. The summed E-state index contributed by atoms with van der Waals surface area (Å²) in [4.78, 5) is 17.9. The second-order valence-corrected chi connectivity index (χ2v) is 8.73. The summed E-state index contributed by atoms with van der Waals surface area (Å²) in [5.74, 6) is -0.291. The molecule has 1 aliphatic rings. The summed E-state index contributed by atoms with van der Waals surface area (Å²) in [6.45, 7) is 0.731. The second-order valence-electron chi connectivity index (χ2n) is 5.61. The predicted molar refractivity (Wildman–Crippen MR) is 100 cm³/mol. The highest BCUT2D eigenvalue weighted by molar-refractivity contribution is 7.89. The third kappa shape index (κ3) is 3.82. The van der Waals surface area contributed by atoms with Gasteiger partial charge in [-0.15, -0.1) is 0 Å². The number of aromatic nitrogens is 1. The van der Waals surface area contributed by atoms with Gasteiger partial charge >= 0.3 is 0 Å². The van der Waals surface area contributed by atoms with E-state index in [1.165, 1.54) is 28.7 Å². The fraction of sp³-hybridized carbons (Fsp3) is 0.250. The molecule has 1 aliphatic heterocycles. The molecular formula is C16H14Cl3N3O3S. The standard InChI is InChI=1S/C16H14Cl3N3O3S/c17-11-4-5-20-14(10-11)16(23)21-6-8-22(9-7-21)26(24,25)15-12(18)2-1-3-13(15)19/h1-5,10H,6-9H2. The van der Waals surface area contributed by atoms with E-state index in [0.29, 0.717) is 5.02 Å². The van der Waals surface area contributed by atoms with Crippen molar-refractivity contribution >= 4 is 50.7 Å². The van der Waals surface area contributed by atoms with E-state index in [1.54, 1.807) is 17.0 Å². The number of carbonyl (C=O) groups excluding carboxylic acids is 1. The Hall–Kier alpha value is -1.38. The van der Waals surface area contributed by atoms with Crippen molar-refractivity contribution in [3.05, 3.63) is 57.3 Å². The van der Waals surface area contributed by atoms with E-state index in [-0.39, 0.29) is 52.7 Å². The highest BCUT2D eigenvalue weighted by Gasteiger charge is 2.33. The SMILES string of the molecule is O=C(c1cc(Cl)ccn1)N1CCN(S(=O)(=O)c2c(Cl)cccc2Cl)CC1. The predicted octanol–water partition coefficient (Wildman–Crippen LogP) is 3.19. The molecule has 6 nitrogen and oxygen atoms in total. The lowest BCUT2D eigenvalue weighted by Gasteiger charge is -2.34. The van der Waals surface area contributed by atoms with Crippen LogP contribution in [0.25, 0.3) is 0 Å². The molecule has 2 heterocycles. The highest BCUT2D eigenvalue weighted by atomic mass is 35.5. The maximum absolute atomic E-state index is 12.8. The number of halogens is 3. The number of rotatable bonds is 3. The van der Waals surface area contributed by atoms with Crippen molar-refractivity contribution in [2.75, 3.05) is 26.2 Å². The molecule has 0 radical (unpaired) electrons. The van der Waals surface area contributed by atoms with Gasteiger partial charge in [0.15, 0.2) is 0 Å². The van der Waals surface area contributed by atoms with Crippen LogP contribution in [0.15, 0.2) is 41.4 Å². The van der Waals surface area contributed by atoms with E-state index in [0.717, 1.165) is 0 Å². The first kappa shape index (κ1) is 19.4. The van der Waals surface area contributed by atoms with Gasteiger partial charge in [-0.2, -0.15) is 4.31 Å². The van der Waals surface area contributed by atoms with Gasteiger partial charge in [0.2, 0.25) is 10.0 Å². The van der Waals surface area contributed by atoms with Crippen LogP contribution in [-0.4, -0.2) is 54.7 Å². The number of nitrogens with zero attached hydrogens (tertiary/aromatic N) is 3. The number of hydrogen-bond acceptors (Lipinski definition) is 4. The minimum Gasteiger partial charge on any atom is -0.335 e. The molecule has 0 bridgehead atoms. The summed E-state index contributed by atoms with van der Waals surface area (Å²) in [6, 6.07) is 7.60. The largest absolute Gasteiger partial charge is 0.335 e. The lowest BCUT2D eigenvalue weighted by molar-refractivity contribution is 0.0692. The second kappa shape index (κ2) is 7.70. The highest BCUT2D eigenvalue weighted by Crippen LogP contribution is 2.32. The van der Waals surface area contributed by atoms with E-state index in [2.05, 4.69) is 4.98 Å². The van der Waals surface area contributed by atoms with E-state index in [1.807, 2.05) is 0 Å². The number of amides is 1. The van der Waals surface area contributed by atoms with Crippen molar-refractivity contribution < 1.29 is 13.2 Å². The minimum absolute atomic E-state index is 0.0686. The first-order valence-electron chi connectivity index (χ1n) is 7.65. The van der Waals surface area contributed by atoms with Crippen LogP contribution in [0.4, 0.5) is 0 Å². The Kier molecular flexibility index (Phi) is 5.74. The van der Waals surface area contributed by atoms with Gasteiger partial charge in [-0.05, 0) is 24.3 Å². The van der Waals surface area contributed by atoms with Crippen LogP contribution in [-0.2, 0) is 10.0 Å². The Morgan fingerprint density at radius 2 is 1.62 bits per heavy atom. The molecule has 1 saturated heterocycles. The van der Waals surface area contributed by atoms with Crippen molar-refractivity contribution in [3.63, 3.8) is 0 Å². The Morgan fingerprint density at radius 1 is 1.00 bits per heavy atom. The van der Waals surface area contributed by atoms with Crippen LogP contribution in [0.5, 0.6) is 0 Å². The number of benzene rings is 1. The Balaban J connectivity index is 1.75. The Bertz CT molecular complexity index is 925. The van der Waals surface area contributed by atoms with Crippen molar-refractivity contribution in [2.24, 2.45) is 0 Å². The molecule has 138 valence electrons. The molecule has 1 fully saturated rings. The first-order valence-corrected chi connectivity index (χ1v) is 10.2. The topological polar surface area (TPSA) is 70.6 Å². The van der Waals surface area contributed by atoms with Gasteiger partial charge in [-0.25, -0.2) is 8.42 Å². The van der Waals surface area contributed by atoms with Crippen molar-refractivity contribution in [1.29, 1.82) is 0 Å². The van der Waals surface area contributed by atoms with Crippen LogP contribution in [0, 0.1) is 0 Å². The maximum Gasteiger partial charge on any atom is 0.272 e. The van der Waals surface area contributed by atoms with E-state index in [4.69, 9.17) is 34.8 Å². The van der Waals surface area contributed by atoms with Crippen molar-refractivity contribution in [2.45, 2.75) is 4.90 Å². The lowest BCUT2D eigenvalue weighted by atomic mass is 10.3. The zero-order chi connectivity index (χ0) is 18.9. The Morgan fingerprint density at radius 3 is 2.19 bits per heavy atom. The third-order valence-corrected chi connectivity index (χ3v) is 7.07. The normalized spacial score (nSPS) is 15.9. The molecule has 10 heteroatoms. The fourth-order valence-electron chi connectivity index (χ4n) is 2.67. The van der Waals surface area contributed by atoms with Crippen LogP contribution >= 0.6 is 34.8 Å². The quantitative estimate of drug-likeness (QED) is 0.744. The first-order chi connectivity index (χ1) is 12.3. The summed E-state index contributed by atoms with van der Waals surface area (Å²) in [5.41, 5.74) is 0.225. The van der Waals surface area contributed by atoms with E-state index >= 15 is 0 Å². The van der Waals surface area contributed by atoms with Crippen LogP contribution in [0.2, 0.25) is 15.1 Å². The van der Waals surface area contributed by atoms with Gasteiger partial charge in [0.25, 0.3) is 5.91 Å². The number of carbonyl (C=O) groups is 1. The number of piperazine rings is 1. The minimum atomic E-state index is -3.85. The molecule has 0 spiro atoms. The molecule has 26 heavy (non-hydrogen) atoms. The lowest BCUT2D eigenvalue weighted by Crippen LogP contribution is -2.50. The summed E-state index contributed by atoms with van der Waals surface area (Å²) in [7, 11) is -3.85. The number of hydrogen-bond donors (Lipinski definition) is 0. The molecule has 2 aromatic rings. The molecule has 1 amide bonds. The van der Waals surface area contributed by atoms with Crippen LogP contribution in [0.1, 0.15) is 10.5 Å². The van der Waals surface area contributed by atoms with Gasteiger partial charge in [0, 0.05) is 37.4 Å². The third-order valence-electron chi connectivity index (χ3n) is 3.98. The molecule has 0 unspecified atom stereocenters. The fourth-order valence-corrected chi connectivity index (χ4v) is 5.35. The maximum atomic E-state index is 12.8. The van der Waals surface area contributed by atoms with Crippen LogP contribution < -0.4 is 0 Å². The Labute approximate surface area is 166 Å². The van der Waals surface area contributed by atoms with E-state index in [9.17, 15) is 13.2 Å². The van der Waals surface area contributed by atoms with E-state index < -0.39 is 10.0 Å². The molecule has 0 N–H and O–H groups in total. The summed E-state index contributed by atoms with van der Waals surface area (Å²) >= 11 is 17.9. The zero-order valence-electron chi connectivity index (χ0n) is 13.4. The smallest absolute Gasteiger partial charge is 0.272 e. The molecule has 0 saturated carbocycles. The molecular weight excluding hydrogens is 421 g/mol. The molecule has 3 rings (SSSR count). The van der Waals surface area contributed by atoms with Crippen molar-refractivity contribution in [3.8, 4) is 0 Å². The van der Waals surface area contributed by atoms with Crippen LogP contribution in [0.3, 0.4) is 0 Å². The van der Waals surface area contributed by atoms with Crippen molar-refractivity contribution in [1.82, 2.24) is 14.2 Å². The molecule has 0 aliphatic carbocycles. The number of pyridine rings is 1. The van der Waals surface area contributed by atoms with Gasteiger partial charge in [0.1, 0.15) is 10.6 Å². The molecule has 0 atom stereocenters. The van der Waals surface area contributed by atoms with Gasteiger partial charge in [0.05, 0.1) is 10.0 Å². The monoisotopic (exact) mass is 433 g/mol. The zero-order valence-corrected chi connectivity index (χ0v) is 16.5.